The highest BCUT2D eigenvalue weighted by Crippen LogP contribution is 2.23. The van der Waals surface area contributed by atoms with Crippen LogP contribution in [-0.2, 0) is 4.79 Å². The van der Waals surface area contributed by atoms with Crippen LogP contribution in [0.1, 0.15) is 26.7 Å². The van der Waals surface area contributed by atoms with Crippen LogP contribution in [0.5, 0.6) is 0 Å². The molecule has 12 heavy (non-hydrogen) atoms. The second-order valence-electron chi connectivity index (χ2n) is 3.34. The number of carbonyl (C=O) groups is 1. The molecule has 0 aromatic heterocycles. The molecule has 0 aromatic rings. The van der Waals surface area contributed by atoms with Gasteiger partial charge in [0.15, 0.2) is 0 Å². The van der Waals surface area contributed by atoms with Gasteiger partial charge in [0.1, 0.15) is 0 Å². The number of carbonyl (C=O) groups excluding carboxylic acids is 1. The van der Waals surface area contributed by atoms with Crippen molar-refractivity contribution in [2.75, 3.05) is 6.54 Å². The molecule has 0 N–H and O–H groups in total. The lowest BCUT2D eigenvalue weighted by Crippen LogP contribution is -2.37. The van der Waals surface area contributed by atoms with Gasteiger partial charge in [-0.25, -0.2) is 0 Å². The minimum absolute atomic E-state index is 0.0311. The average molecular weight is 166 g/mol. The van der Waals surface area contributed by atoms with Gasteiger partial charge in [-0.1, -0.05) is 0 Å². The van der Waals surface area contributed by atoms with Crippen molar-refractivity contribution < 1.29 is 4.79 Å². The maximum Gasteiger partial charge on any atom is 0.219 e. The first-order chi connectivity index (χ1) is 5.66. The lowest BCUT2D eigenvalue weighted by atomic mass is 10.0. The molecule has 0 radical (unpaired) electrons. The normalized spacial score (nSPS) is 25.1. The molecule has 0 spiro atoms. The van der Waals surface area contributed by atoms with E-state index in [9.17, 15) is 4.79 Å². The zero-order valence-electron chi connectivity index (χ0n) is 7.58. The number of rotatable bonds is 1. The van der Waals surface area contributed by atoms with Gasteiger partial charge in [0.25, 0.3) is 0 Å². The Balaban J connectivity index is 2.65. The minimum atomic E-state index is -0.0311. The van der Waals surface area contributed by atoms with Crippen molar-refractivity contribution in [2.45, 2.75) is 32.7 Å². The molecule has 0 aromatic carbocycles. The summed E-state index contributed by atoms with van der Waals surface area (Å²) in [4.78, 5) is 12.9. The number of likely N-dealkylation sites (tertiary alicyclic amines) is 1. The lowest BCUT2D eigenvalue weighted by Gasteiger charge is -2.24. The molecular formula is C9H14N2O. The van der Waals surface area contributed by atoms with Gasteiger partial charge in [0.2, 0.25) is 5.91 Å². The van der Waals surface area contributed by atoms with Crippen LogP contribution in [0.3, 0.4) is 0 Å². The van der Waals surface area contributed by atoms with Crippen LogP contribution in [-0.4, -0.2) is 23.4 Å². The largest absolute Gasteiger partial charge is 0.339 e. The third-order valence-electron chi connectivity index (χ3n) is 2.48. The molecule has 1 amide bonds. The highest BCUT2D eigenvalue weighted by atomic mass is 16.2. The van der Waals surface area contributed by atoms with Gasteiger partial charge in [0, 0.05) is 19.5 Å². The first-order valence-electron chi connectivity index (χ1n) is 4.33. The molecule has 1 saturated heterocycles. The predicted octanol–water partition coefficient (Wildman–Crippen LogP) is 1.16. The summed E-state index contributed by atoms with van der Waals surface area (Å²) in [6.07, 6.45) is 2.02. The van der Waals surface area contributed by atoms with Crippen molar-refractivity contribution >= 4 is 5.91 Å². The molecule has 1 fully saturated rings. The first kappa shape index (κ1) is 9.05. The van der Waals surface area contributed by atoms with E-state index in [1.807, 2.05) is 11.8 Å². The predicted molar refractivity (Wildman–Crippen MR) is 45.2 cm³/mol. The van der Waals surface area contributed by atoms with Gasteiger partial charge in [-0.3, -0.25) is 4.79 Å². The van der Waals surface area contributed by atoms with E-state index < -0.39 is 0 Å². The Bertz CT molecular complexity index is 219. The quantitative estimate of drug-likeness (QED) is 0.586. The lowest BCUT2D eigenvalue weighted by molar-refractivity contribution is -0.130. The van der Waals surface area contributed by atoms with Crippen LogP contribution in [0.4, 0.5) is 0 Å². The maximum absolute atomic E-state index is 11.1. The molecular weight excluding hydrogens is 152 g/mol. The Hall–Kier alpha value is -1.04. The fourth-order valence-corrected chi connectivity index (χ4v) is 1.79. The Morgan fingerprint density at radius 2 is 2.42 bits per heavy atom. The number of nitriles is 1. The Morgan fingerprint density at radius 3 is 2.92 bits per heavy atom. The van der Waals surface area contributed by atoms with Crippen LogP contribution in [0.2, 0.25) is 0 Å². The molecule has 1 rings (SSSR count). The second kappa shape index (κ2) is 3.57. The van der Waals surface area contributed by atoms with Crippen LogP contribution >= 0.6 is 0 Å². The SMILES string of the molecule is CC(=O)N1CCCC1C(C)C#N. The van der Waals surface area contributed by atoms with Crippen molar-refractivity contribution in [3.8, 4) is 6.07 Å². The Labute approximate surface area is 73.0 Å². The second-order valence-corrected chi connectivity index (χ2v) is 3.34. The van der Waals surface area contributed by atoms with Gasteiger partial charge in [0.05, 0.1) is 12.0 Å². The molecule has 1 heterocycles. The summed E-state index contributed by atoms with van der Waals surface area (Å²) >= 11 is 0. The van der Waals surface area contributed by atoms with Crippen LogP contribution in [0.15, 0.2) is 0 Å². The molecule has 2 atom stereocenters. The number of hydrogen-bond acceptors (Lipinski definition) is 2. The van der Waals surface area contributed by atoms with Crippen molar-refractivity contribution in [1.29, 1.82) is 5.26 Å². The summed E-state index contributed by atoms with van der Waals surface area (Å²) in [5.41, 5.74) is 0. The molecule has 0 bridgehead atoms. The standard InChI is InChI=1S/C9H14N2O/c1-7(6-10)9-4-3-5-11(9)8(2)12/h7,9H,3-5H2,1-2H3. The van der Waals surface area contributed by atoms with Crippen molar-refractivity contribution in [1.82, 2.24) is 4.90 Å². The van der Waals surface area contributed by atoms with Crippen LogP contribution < -0.4 is 0 Å². The smallest absolute Gasteiger partial charge is 0.219 e. The van der Waals surface area contributed by atoms with E-state index in [-0.39, 0.29) is 17.9 Å². The van der Waals surface area contributed by atoms with Crippen LogP contribution in [0.25, 0.3) is 0 Å². The fraction of sp³-hybridized carbons (Fsp3) is 0.778. The summed E-state index contributed by atoms with van der Waals surface area (Å²) in [5, 5.41) is 8.71. The summed E-state index contributed by atoms with van der Waals surface area (Å²) in [5.74, 6) is 0.0657. The van der Waals surface area contributed by atoms with E-state index in [2.05, 4.69) is 6.07 Å². The summed E-state index contributed by atoms with van der Waals surface area (Å²) < 4.78 is 0. The number of nitrogens with zero attached hydrogens (tertiary/aromatic N) is 2. The van der Waals surface area contributed by atoms with Crippen LogP contribution in [0, 0.1) is 17.2 Å². The summed E-state index contributed by atoms with van der Waals surface area (Å²) in [6.45, 7) is 4.28. The van der Waals surface area contributed by atoms with Crippen molar-refractivity contribution in [2.24, 2.45) is 5.92 Å². The monoisotopic (exact) mass is 166 g/mol. The molecule has 2 unspecified atom stereocenters. The van der Waals surface area contributed by atoms with Gasteiger partial charge >= 0.3 is 0 Å². The molecule has 66 valence electrons. The highest BCUT2D eigenvalue weighted by molar-refractivity contribution is 5.74. The fourth-order valence-electron chi connectivity index (χ4n) is 1.79. The first-order valence-corrected chi connectivity index (χ1v) is 4.33. The molecule has 0 aliphatic carbocycles. The third-order valence-corrected chi connectivity index (χ3v) is 2.48. The zero-order chi connectivity index (χ0) is 9.14. The van der Waals surface area contributed by atoms with Gasteiger partial charge in [-0.15, -0.1) is 0 Å². The van der Waals surface area contributed by atoms with E-state index >= 15 is 0 Å². The zero-order valence-corrected chi connectivity index (χ0v) is 7.58. The van der Waals surface area contributed by atoms with E-state index in [0.29, 0.717) is 0 Å². The summed E-state index contributed by atoms with van der Waals surface area (Å²) in [6, 6.07) is 2.36. The van der Waals surface area contributed by atoms with Gasteiger partial charge in [-0.05, 0) is 19.8 Å². The topological polar surface area (TPSA) is 44.1 Å². The van der Waals surface area contributed by atoms with E-state index in [4.69, 9.17) is 5.26 Å². The molecule has 1 aliphatic rings. The molecule has 0 saturated carbocycles. The average Bonchev–Trinajstić information content (AvgIpc) is 2.50. The van der Waals surface area contributed by atoms with E-state index in [1.165, 1.54) is 0 Å². The maximum atomic E-state index is 11.1. The van der Waals surface area contributed by atoms with Crippen molar-refractivity contribution in [3.05, 3.63) is 0 Å². The van der Waals surface area contributed by atoms with Gasteiger partial charge < -0.3 is 4.90 Å². The van der Waals surface area contributed by atoms with E-state index in [1.54, 1.807) is 6.92 Å². The van der Waals surface area contributed by atoms with Gasteiger partial charge in [-0.2, -0.15) is 5.26 Å². The highest BCUT2D eigenvalue weighted by Gasteiger charge is 2.30. The van der Waals surface area contributed by atoms with Crippen molar-refractivity contribution in [3.63, 3.8) is 0 Å². The molecule has 3 nitrogen and oxygen atoms in total. The number of amides is 1. The molecule has 1 aliphatic heterocycles. The molecule has 3 heteroatoms. The third kappa shape index (κ3) is 1.58. The Kier molecular flexibility index (Phi) is 2.69. The Morgan fingerprint density at radius 1 is 1.75 bits per heavy atom. The number of hydrogen-bond donors (Lipinski definition) is 0. The minimum Gasteiger partial charge on any atom is -0.339 e. The summed E-state index contributed by atoms with van der Waals surface area (Å²) in [7, 11) is 0. The van der Waals surface area contributed by atoms with E-state index in [0.717, 1.165) is 19.4 Å².